The Bertz CT molecular complexity index is 405. The predicted molar refractivity (Wildman–Crippen MR) is 73.4 cm³/mol. The van der Waals surface area contributed by atoms with Crippen molar-refractivity contribution in [2.24, 2.45) is 28.3 Å². The van der Waals surface area contributed by atoms with Gasteiger partial charge < -0.3 is 11.5 Å². The van der Waals surface area contributed by atoms with Crippen LogP contribution in [0, 0.1) is 11.8 Å². The van der Waals surface area contributed by atoms with Gasteiger partial charge in [-0.15, -0.1) is 0 Å². The van der Waals surface area contributed by atoms with E-state index in [0.717, 1.165) is 18.4 Å². The first-order valence-electron chi connectivity index (χ1n) is 6.76. The third-order valence-corrected chi connectivity index (χ3v) is 3.68. The molecule has 1 aromatic rings. The standard InChI is InChI=1S/C13H23N5/c1-10-3-2-4-11(9-10)5-7-18-8-6-12(17-18)16-13(14)15/h6,8,10-11H,2-5,7,9H2,1H3,(H4,14,15,16,17). The zero-order valence-electron chi connectivity index (χ0n) is 11.0. The number of hydrogen-bond acceptors (Lipinski definition) is 2. The molecule has 0 aromatic carbocycles. The number of rotatable bonds is 4. The van der Waals surface area contributed by atoms with Crippen LogP contribution in [0.4, 0.5) is 5.82 Å². The Morgan fingerprint density at radius 2 is 2.33 bits per heavy atom. The van der Waals surface area contributed by atoms with Crippen molar-refractivity contribution in [2.75, 3.05) is 0 Å². The van der Waals surface area contributed by atoms with Gasteiger partial charge in [0.1, 0.15) is 0 Å². The molecule has 0 amide bonds. The summed E-state index contributed by atoms with van der Waals surface area (Å²) in [7, 11) is 0. The lowest BCUT2D eigenvalue weighted by Gasteiger charge is -2.26. The van der Waals surface area contributed by atoms with Gasteiger partial charge in [-0.25, -0.2) is 0 Å². The molecule has 0 radical (unpaired) electrons. The first kappa shape index (κ1) is 12.9. The molecule has 1 heterocycles. The number of aryl methyl sites for hydroxylation is 1. The smallest absolute Gasteiger partial charge is 0.192 e. The molecule has 0 spiro atoms. The summed E-state index contributed by atoms with van der Waals surface area (Å²) >= 11 is 0. The van der Waals surface area contributed by atoms with Gasteiger partial charge in [-0.2, -0.15) is 10.1 Å². The molecule has 0 bridgehead atoms. The molecule has 5 nitrogen and oxygen atoms in total. The molecule has 1 aliphatic carbocycles. The summed E-state index contributed by atoms with van der Waals surface area (Å²) in [5.41, 5.74) is 10.6. The van der Waals surface area contributed by atoms with Gasteiger partial charge in [0.2, 0.25) is 0 Å². The summed E-state index contributed by atoms with van der Waals surface area (Å²) in [6, 6.07) is 1.84. The van der Waals surface area contributed by atoms with Crippen LogP contribution in [0.2, 0.25) is 0 Å². The molecule has 4 N–H and O–H groups in total. The van der Waals surface area contributed by atoms with Crippen molar-refractivity contribution in [1.29, 1.82) is 0 Å². The maximum atomic E-state index is 5.32. The highest BCUT2D eigenvalue weighted by Gasteiger charge is 2.18. The first-order chi connectivity index (χ1) is 8.63. The van der Waals surface area contributed by atoms with Gasteiger partial charge in [0.05, 0.1) is 0 Å². The van der Waals surface area contributed by atoms with Gasteiger partial charge >= 0.3 is 0 Å². The van der Waals surface area contributed by atoms with Gasteiger partial charge in [0.15, 0.2) is 11.8 Å². The van der Waals surface area contributed by atoms with Crippen LogP contribution in [-0.2, 0) is 6.54 Å². The molecule has 2 atom stereocenters. The minimum atomic E-state index is 0.0568. The fourth-order valence-electron chi connectivity index (χ4n) is 2.80. The van der Waals surface area contributed by atoms with E-state index in [0.29, 0.717) is 5.82 Å². The minimum Gasteiger partial charge on any atom is -0.370 e. The van der Waals surface area contributed by atoms with E-state index in [2.05, 4.69) is 17.0 Å². The Hall–Kier alpha value is -1.52. The van der Waals surface area contributed by atoms with Crippen molar-refractivity contribution in [3.05, 3.63) is 12.3 Å². The molecular weight excluding hydrogens is 226 g/mol. The van der Waals surface area contributed by atoms with Crippen molar-refractivity contribution in [3.63, 3.8) is 0 Å². The highest BCUT2D eigenvalue weighted by atomic mass is 15.3. The number of hydrogen-bond donors (Lipinski definition) is 2. The van der Waals surface area contributed by atoms with Gasteiger partial charge in [0.25, 0.3) is 0 Å². The van der Waals surface area contributed by atoms with Gasteiger partial charge in [0, 0.05) is 18.8 Å². The lowest BCUT2D eigenvalue weighted by Crippen LogP contribution is -2.22. The van der Waals surface area contributed by atoms with Gasteiger partial charge in [-0.05, 0) is 24.7 Å². The molecule has 0 saturated heterocycles. The Balaban J connectivity index is 1.82. The monoisotopic (exact) mass is 249 g/mol. The van der Waals surface area contributed by atoms with E-state index in [4.69, 9.17) is 11.5 Å². The van der Waals surface area contributed by atoms with Crippen molar-refractivity contribution in [2.45, 2.75) is 45.6 Å². The summed E-state index contributed by atoms with van der Waals surface area (Å²) < 4.78 is 1.93. The average molecular weight is 249 g/mol. The maximum absolute atomic E-state index is 5.32. The summed E-state index contributed by atoms with van der Waals surface area (Å²) in [5, 5.41) is 4.32. The van der Waals surface area contributed by atoms with Crippen LogP contribution in [0.5, 0.6) is 0 Å². The zero-order chi connectivity index (χ0) is 13.0. The second-order valence-electron chi connectivity index (χ2n) is 5.40. The zero-order valence-corrected chi connectivity index (χ0v) is 11.0. The molecule has 100 valence electrons. The molecule has 1 aliphatic rings. The minimum absolute atomic E-state index is 0.0568. The van der Waals surface area contributed by atoms with E-state index in [1.165, 1.54) is 32.1 Å². The third-order valence-electron chi connectivity index (χ3n) is 3.68. The maximum Gasteiger partial charge on any atom is 0.192 e. The molecule has 5 heteroatoms. The second kappa shape index (κ2) is 5.89. The topological polar surface area (TPSA) is 82.2 Å². The normalized spacial score (nSPS) is 23.8. The van der Waals surface area contributed by atoms with Crippen molar-refractivity contribution in [3.8, 4) is 0 Å². The fraction of sp³-hybridized carbons (Fsp3) is 0.692. The molecule has 2 rings (SSSR count). The molecule has 18 heavy (non-hydrogen) atoms. The van der Waals surface area contributed by atoms with Crippen LogP contribution in [0.1, 0.15) is 39.0 Å². The van der Waals surface area contributed by atoms with Gasteiger partial charge in [-0.3, -0.25) is 4.68 Å². The molecule has 2 unspecified atom stereocenters. The number of guanidine groups is 1. The van der Waals surface area contributed by atoms with Crippen molar-refractivity contribution in [1.82, 2.24) is 9.78 Å². The Kier molecular flexibility index (Phi) is 4.23. The number of nitrogens with two attached hydrogens (primary N) is 2. The Morgan fingerprint density at radius 3 is 3.06 bits per heavy atom. The van der Waals surface area contributed by atoms with E-state index < -0.39 is 0 Å². The summed E-state index contributed by atoms with van der Waals surface area (Å²) in [6.45, 7) is 3.31. The van der Waals surface area contributed by atoms with Crippen LogP contribution in [0.25, 0.3) is 0 Å². The number of nitrogens with zero attached hydrogens (tertiary/aromatic N) is 3. The summed E-state index contributed by atoms with van der Waals surface area (Å²) in [4.78, 5) is 3.93. The van der Waals surface area contributed by atoms with Crippen LogP contribution >= 0.6 is 0 Å². The quantitative estimate of drug-likeness (QED) is 0.632. The number of aliphatic imine (C=N–C) groups is 1. The van der Waals surface area contributed by atoms with Crippen LogP contribution in [0.3, 0.4) is 0 Å². The Labute approximate surface area is 108 Å². The SMILES string of the molecule is CC1CCCC(CCn2ccc(N=C(N)N)n2)C1. The van der Waals surface area contributed by atoms with E-state index in [-0.39, 0.29) is 5.96 Å². The molecule has 1 aromatic heterocycles. The second-order valence-corrected chi connectivity index (χ2v) is 5.40. The fourth-order valence-corrected chi connectivity index (χ4v) is 2.80. The van der Waals surface area contributed by atoms with Crippen molar-refractivity contribution < 1.29 is 0 Å². The molecule has 1 fully saturated rings. The van der Waals surface area contributed by atoms with E-state index in [1.54, 1.807) is 0 Å². The van der Waals surface area contributed by atoms with Crippen LogP contribution in [-0.4, -0.2) is 15.7 Å². The lowest BCUT2D eigenvalue weighted by molar-refractivity contribution is 0.258. The summed E-state index contributed by atoms with van der Waals surface area (Å²) in [6.07, 6.45) is 8.65. The number of aromatic nitrogens is 2. The van der Waals surface area contributed by atoms with E-state index >= 15 is 0 Å². The molecule has 0 aliphatic heterocycles. The lowest BCUT2D eigenvalue weighted by atomic mass is 9.81. The highest BCUT2D eigenvalue weighted by molar-refractivity contribution is 5.78. The van der Waals surface area contributed by atoms with Crippen LogP contribution in [0.15, 0.2) is 17.3 Å². The molecule has 1 saturated carbocycles. The predicted octanol–water partition coefficient (Wildman–Crippen LogP) is 2.00. The first-order valence-corrected chi connectivity index (χ1v) is 6.76. The summed E-state index contributed by atoms with van der Waals surface area (Å²) in [5.74, 6) is 2.39. The largest absolute Gasteiger partial charge is 0.370 e. The average Bonchev–Trinajstić information content (AvgIpc) is 2.73. The van der Waals surface area contributed by atoms with Crippen LogP contribution < -0.4 is 11.5 Å². The highest BCUT2D eigenvalue weighted by Crippen LogP contribution is 2.30. The Morgan fingerprint density at radius 1 is 1.50 bits per heavy atom. The molecular formula is C13H23N5. The van der Waals surface area contributed by atoms with Gasteiger partial charge in [-0.1, -0.05) is 26.2 Å². The third kappa shape index (κ3) is 3.75. The van der Waals surface area contributed by atoms with E-state index in [1.807, 2.05) is 16.9 Å². The van der Waals surface area contributed by atoms with E-state index in [9.17, 15) is 0 Å². The van der Waals surface area contributed by atoms with Crippen molar-refractivity contribution >= 4 is 11.8 Å².